The van der Waals surface area contributed by atoms with E-state index >= 15 is 0 Å². The van der Waals surface area contributed by atoms with Crippen LogP contribution in [-0.2, 0) is 19.1 Å². The summed E-state index contributed by atoms with van der Waals surface area (Å²) in [5.41, 5.74) is 0.638. The van der Waals surface area contributed by atoms with Gasteiger partial charge in [-0.3, -0.25) is 19.3 Å². The lowest BCUT2D eigenvalue weighted by Crippen LogP contribution is -2.34. The molecule has 8 nitrogen and oxygen atoms in total. The van der Waals surface area contributed by atoms with Crippen molar-refractivity contribution in [3.05, 3.63) is 32.2 Å². The summed E-state index contributed by atoms with van der Waals surface area (Å²) in [5.74, 6) is -1.89. The van der Waals surface area contributed by atoms with Crippen molar-refractivity contribution in [2.45, 2.75) is 6.92 Å². The SMILES string of the molecule is CCOC(=O)CN1C(=O)S/C(=C/c2ccc(OCC(=O)O)c(I)c2)C1=O. The Morgan fingerprint density at radius 2 is 2.08 bits per heavy atom. The standard InChI is InChI=1S/C16H14INO7S/c1-2-24-14(21)7-18-15(22)12(26-16(18)23)6-9-3-4-11(10(17)5-9)25-8-13(19)20/h3-6H,2,7-8H2,1H3,(H,19,20)/b12-6+. The third-order valence-corrected chi connectivity index (χ3v) is 4.82. The topological polar surface area (TPSA) is 110 Å². The number of thioether (sulfide) groups is 1. The minimum Gasteiger partial charge on any atom is -0.481 e. The molecule has 1 saturated heterocycles. The van der Waals surface area contributed by atoms with Crippen LogP contribution in [0.5, 0.6) is 5.75 Å². The number of carbonyl (C=O) groups is 4. The summed E-state index contributed by atoms with van der Waals surface area (Å²) in [6.45, 7) is 0.925. The van der Waals surface area contributed by atoms with Gasteiger partial charge in [-0.15, -0.1) is 0 Å². The molecule has 0 spiro atoms. The number of hydrogen-bond acceptors (Lipinski definition) is 7. The van der Waals surface area contributed by atoms with Gasteiger partial charge in [0.1, 0.15) is 12.3 Å². The fourth-order valence-corrected chi connectivity index (χ4v) is 3.52. The summed E-state index contributed by atoms with van der Waals surface area (Å²) in [5, 5.41) is 8.10. The highest BCUT2D eigenvalue weighted by Gasteiger charge is 2.36. The Balaban J connectivity index is 2.13. The van der Waals surface area contributed by atoms with Gasteiger partial charge in [-0.25, -0.2) is 4.79 Å². The van der Waals surface area contributed by atoms with Crippen molar-refractivity contribution in [3.63, 3.8) is 0 Å². The molecule has 2 rings (SSSR count). The van der Waals surface area contributed by atoms with Gasteiger partial charge in [-0.05, 0) is 65.0 Å². The third kappa shape index (κ3) is 5.21. The first-order valence-corrected chi connectivity index (χ1v) is 9.26. The summed E-state index contributed by atoms with van der Waals surface area (Å²) in [4.78, 5) is 47.3. The molecule has 0 atom stereocenters. The number of halogens is 1. The average molecular weight is 491 g/mol. The van der Waals surface area contributed by atoms with Crippen LogP contribution in [0, 0.1) is 3.57 Å². The predicted molar refractivity (Wildman–Crippen MR) is 102 cm³/mol. The second-order valence-electron chi connectivity index (χ2n) is 4.95. The number of carboxylic acids is 1. The van der Waals surface area contributed by atoms with Crippen LogP contribution in [0.4, 0.5) is 4.79 Å². The number of carboxylic acid groups (broad SMARTS) is 1. The Morgan fingerprint density at radius 3 is 2.69 bits per heavy atom. The fourth-order valence-electron chi connectivity index (χ4n) is 1.99. The largest absolute Gasteiger partial charge is 0.481 e. The van der Waals surface area contributed by atoms with Crippen LogP contribution in [0.1, 0.15) is 12.5 Å². The van der Waals surface area contributed by atoms with Gasteiger partial charge in [0.05, 0.1) is 15.1 Å². The quantitative estimate of drug-likeness (QED) is 0.352. The highest BCUT2D eigenvalue weighted by Crippen LogP contribution is 2.33. The molecule has 1 heterocycles. The molecule has 0 aromatic heterocycles. The number of ether oxygens (including phenoxy) is 2. The normalized spacial score (nSPS) is 15.5. The van der Waals surface area contributed by atoms with Crippen molar-refractivity contribution >= 4 is 63.5 Å². The van der Waals surface area contributed by atoms with Gasteiger partial charge in [0.2, 0.25) is 0 Å². The molecule has 138 valence electrons. The summed E-state index contributed by atoms with van der Waals surface area (Å²) in [7, 11) is 0. The van der Waals surface area contributed by atoms with Crippen molar-refractivity contribution in [1.29, 1.82) is 0 Å². The zero-order chi connectivity index (χ0) is 19.3. The zero-order valence-electron chi connectivity index (χ0n) is 13.6. The first-order valence-electron chi connectivity index (χ1n) is 7.37. The van der Waals surface area contributed by atoms with Crippen molar-refractivity contribution in [2.24, 2.45) is 0 Å². The van der Waals surface area contributed by atoms with E-state index in [1.54, 1.807) is 25.1 Å². The maximum absolute atomic E-state index is 12.3. The second-order valence-corrected chi connectivity index (χ2v) is 7.10. The number of esters is 1. The molecule has 1 aliphatic rings. The Hall–Kier alpha value is -2.08. The van der Waals surface area contributed by atoms with Gasteiger partial charge >= 0.3 is 11.9 Å². The maximum Gasteiger partial charge on any atom is 0.341 e. The molecule has 0 bridgehead atoms. The molecule has 1 aliphatic heterocycles. The summed E-state index contributed by atoms with van der Waals surface area (Å²) in [6.07, 6.45) is 1.53. The van der Waals surface area contributed by atoms with Crippen molar-refractivity contribution in [2.75, 3.05) is 19.8 Å². The molecule has 0 unspecified atom stereocenters. The molecule has 1 fully saturated rings. The van der Waals surface area contributed by atoms with E-state index in [4.69, 9.17) is 14.6 Å². The van der Waals surface area contributed by atoms with Crippen molar-refractivity contribution < 1.29 is 33.8 Å². The van der Waals surface area contributed by atoms with E-state index in [0.29, 0.717) is 14.9 Å². The van der Waals surface area contributed by atoms with Gasteiger partial charge in [-0.1, -0.05) is 6.07 Å². The van der Waals surface area contributed by atoms with Crippen LogP contribution < -0.4 is 4.74 Å². The number of nitrogens with zero attached hydrogens (tertiary/aromatic N) is 1. The van der Waals surface area contributed by atoms with Crippen LogP contribution in [0.3, 0.4) is 0 Å². The van der Waals surface area contributed by atoms with E-state index in [0.717, 1.165) is 16.7 Å². The summed E-state index contributed by atoms with van der Waals surface area (Å²) >= 11 is 2.72. The lowest BCUT2D eigenvalue weighted by atomic mass is 10.2. The molecule has 1 aromatic rings. The molecule has 10 heteroatoms. The van der Waals surface area contributed by atoms with Gasteiger partial charge < -0.3 is 14.6 Å². The lowest BCUT2D eigenvalue weighted by molar-refractivity contribution is -0.146. The van der Waals surface area contributed by atoms with Crippen molar-refractivity contribution in [3.8, 4) is 5.75 Å². The first kappa shape index (κ1) is 20.2. The second kappa shape index (κ2) is 9.03. The van der Waals surface area contributed by atoms with E-state index in [1.165, 1.54) is 6.08 Å². The number of amides is 2. The molecule has 26 heavy (non-hydrogen) atoms. The van der Waals surface area contributed by atoms with Gasteiger partial charge in [0.15, 0.2) is 6.61 Å². The van der Waals surface area contributed by atoms with Gasteiger partial charge in [-0.2, -0.15) is 0 Å². The van der Waals surface area contributed by atoms with Crippen LogP contribution in [0.2, 0.25) is 0 Å². The van der Waals surface area contributed by atoms with Crippen LogP contribution >= 0.6 is 34.4 Å². The fraction of sp³-hybridized carbons (Fsp3) is 0.250. The molecule has 1 N–H and O–H groups in total. The molecule has 0 radical (unpaired) electrons. The molecule has 2 amide bonds. The third-order valence-electron chi connectivity index (χ3n) is 3.07. The van der Waals surface area contributed by atoms with Gasteiger partial charge in [0, 0.05) is 0 Å². The highest BCUT2D eigenvalue weighted by atomic mass is 127. The van der Waals surface area contributed by atoms with Crippen LogP contribution in [0.25, 0.3) is 6.08 Å². The number of aliphatic carboxylic acids is 1. The Kier molecular flexibility index (Phi) is 7.03. The highest BCUT2D eigenvalue weighted by molar-refractivity contribution is 14.1. The smallest absolute Gasteiger partial charge is 0.341 e. The van der Waals surface area contributed by atoms with E-state index < -0.39 is 36.2 Å². The Morgan fingerprint density at radius 1 is 1.35 bits per heavy atom. The predicted octanol–water partition coefficient (Wildman–Crippen LogP) is 2.35. The van der Waals surface area contributed by atoms with Crippen LogP contribution in [0.15, 0.2) is 23.1 Å². The molecular weight excluding hydrogens is 477 g/mol. The minimum atomic E-state index is -1.08. The van der Waals surface area contributed by atoms with Gasteiger partial charge in [0.25, 0.3) is 11.1 Å². The van der Waals surface area contributed by atoms with Crippen LogP contribution in [-0.4, -0.2) is 52.8 Å². The number of hydrogen-bond donors (Lipinski definition) is 1. The first-order chi connectivity index (χ1) is 12.3. The number of imide groups is 1. The minimum absolute atomic E-state index is 0.166. The maximum atomic E-state index is 12.3. The van der Waals surface area contributed by atoms with E-state index in [-0.39, 0.29) is 11.5 Å². The summed E-state index contributed by atoms with van der Waals surface area (Å²) < 4.78 is 10.5. The molecule has 1 aromatic carbocycles. The lowest BCUT2D eigenvalue weighted by Gasteiger charge is -2.10. The number of carbonyl (C=O) groups excluding carboxylic acids is 3. The molecule has 0 aliphatic carbocycles. The molecular formula is C16H14INO7S. The number of benzene rings is 1. The van der Waals surface area contributed by atoms with E-state index in [9.17, 15) is 19.2 Å². The van der Waals surface area contributed by atoms with Crippen molar-refractivity contribution in [1.82, 2.24) is 4.90 Å². The molecule has 0 saturated carbocycles. The number of rotatable bonds is 7. The van der Waals surface area contributed by atoms with E-state index in [1.807, 2.05) is 22.6 Å². The van der Waals surface area contributed by atoms with E-state index in [2.05, 4.69) is 0 Å². The average Bonchev–Trinajstić information content (AvgIpc) is 2.82. The summed E-state index contributed by atoms with van der Waals surface area (Å²) in [6, 6.07) is 4.91. The zero-order valence-corrected chi connectivity index (χ0v) is 16.5. The monoisotopic (exact) mass is 491 g/mol. The Labute approximate surface area is 166 Å². The Bertz CT molecular complexity index is 793.